The number of thiophene rings is 13. The summed E-state index contributed by atoms with van der Waals surface area (Å²) in [6, 6.07) is 82.9. The number of hydrogen-bond acceptors (Lipinski definition) is 13. The molecule has 0 saturated carbocycles. The number of rotatable bonds is 16. The monoisotopic (exact) mass is 1820 g/mol. The number of benzene rings is 4. The normalized spacial score (nSPS) is 13.0. The summed E-state index contributed by atoms with van der Waals surface area (Å²) in [6.07, 6.45) is 0. The van der Waals surface area contributed by atoms with Crippen LogP contribution in [0.2, 0.25) is 0 Å². The first kappa shape index (κ1) is 86.1. The fourth-order valence-corrected chi connectivity index (χ4v) is 35.0. The average molecular weight is 1820 g/mol. The Balaban J connectivity index is 0.931. The predicted molar refractivity (Wildman–Crippen MR) is 555 cm³/mol. The number of hydrogen-bond donors (Lipinski definition) is 0. The fourth-order valence-electron chi connectivity index (χ4n) is 17.3. The summed E-state index contributed by atoms with van der Waals surface area (Å²) >= 11 is 25.9. The second-order valence-electron chi connectivity index (χ2n) is 40.3. The molecule has 0 spiro atoms. The second-order valence-corrected chi connectivity index (χ2v) is 54.1. The molecular weight excluding hydrogens is 1710 g/mol. The Kier molecular flexibility index (Phi) is 22.9. The average Bonchev–Trinajstić information content (AvgIpc) is 1.59. The van der Waals surface area contributed by atoms with Gasteiger partial charge in [0.25, 0.3) is 0 Å². The Labute approximate surface area is 771 Å². The van der Waals surface area contributed by atoms with Crippen LogP contribution in [0.1, 0.15) is 211 Å². The van der Waals surface area contributed by atoms with Crippen molar-refractivity contribution in [3.8, 4) is 160 Å². The first-order chi connectivity index (χ1) is 57.1. The maximum absolute atomic E-state index is 2.53. The molecule has 0 saturated heterocycles. The van der Waals surface area contributed by atoms with Gasteiger partial charge in [-0.1, -0.05) is 287 Å². The van der Waals surface area contributed by atoms with Crippen molar-refractivity contribution in [3.63, 3.8) is 0 Å². The van der Waals surface area contributed by atoms with Crippen molar-refractivity contribution < 1.29 is 0 Å². The van der Waals surface area contributed by atoms with Crippen molar-refractivity contribution in [2.75, 3.05) is 0 Å². The van der Waals surface area contributed by atoms with E-state index in [0.717, 1.165) is 0 Å². The molecule has 13 heterocycles. The fraction of sp³-hybridized carbons (Fsp3) is 0.296. The molecule has 0 radical (unpaired) electrons. The van der Waals surface area contributed by atoms with E-state index in [1.807, 2.05) is 147 Å². The molecule has 0 nitrogen and oxygen atoms in total. The lowest BCUT2D eigenvalue weighted by Crippen LogP contribution is -2.21. The highest BCUT2D eigenvalue weighted by Crippen LogP contribution is 2.65. The van der Waals surface area contributed by atoms with Gasteiger partial charge in [-0.25, -0.2) is 0 Å². The van der Waals surface area contributed by atoms with Crippen LogP contribution >= 0.6 is 147 Å². The molecule has 13 heteroatoms. The molecule has 17 rings (SSSR count). The van der Waals surface area contributed by atoms with Crippen LogP contribution in [0.3, 0.4) is 0 Å². The second kappa shape index (κ2) is 32.1. The van der Waals surface area contributed by atoms with E-state index in [9.17, 15) is 0 Å². The zero-order chi connectivity index (χ0) is 85.7. The maximum Gasteiger partial charge on any atom is 0.0543 e. The molecule has 618 valence electrons. The van der Waals surface area contributed by atoms with E-state index in [0.29, 0.717) is 0 Å². The third kappa shape index (κ3) is 16.7. The summed E-state index contributed by atoms with van der Waals surface area (Å²) < 4.78 is 0. The van der Waals surface area contributed by atoms with E-state index in [-0.39, 0.29) is 43.3 Å². The summed E-state index contributed by atoms with van der Waals surface area (Å²) in [4.78, 5) is 34.8. The Morgan fingerprint density at radius 1 is 0.124 bits per heavy atom. The Bertz CT molecular complexity index is 6220. The molecule has 17 aromatic rings. The summed E-state index contributed by atoms with van der Waals surface area (Å²) in [5, 5.41) is 0. The van der Waals surface area contributed by atoms with Gasteiger partial charge in [0, 0.05) is 128 Å². The van der Waals surface area contributed by atoms with Crippen LogP contribution in [-0.4, -0.2) is 0 Å². The van der Waals surface area contributed by atoms with Gasteiger partial charge in [0.1, 0.15) is 0 Å². The van der Waals surface area contributed by atoms with E-state index in [4.69, 9.17) is 0 Å². The van der Waals surface area contributed by atoms with Crippen molar-refractivity contribution in [2.24, 2.45) is 0 Å². The van der Waals surface area contributed by atoms with Crippen LogP contribution in [0.4, 0.5) is 0 Å². The van der Waals surface area contributed by atoms with Crippen molar-refractivity contribution in [1.82, 2.24) is 0 Å². The maximum atomic E-state index is 2.53. The Morgan fingerprint density at radius 2 is 0.248 bits per heavy atom. The molecule has 0 amide bonds. The molecule has 4 aromatic carbocycles. The van der Waals surface area contributed by atoms with Gasteiger partial charge >= 0.3 is 0 Å². The molecule has 13 aromatic heterocycles. The zero-order valence-electron chi connectivity index (χ0n) is 74.1. The highest BCUT2D eigenvalue weighted by molar-refractivity contribution is 7.34. The minimum atomic E-state index is -0.166. The van der Waals surface area contributed by atoms with Crippen LogP contribution in [0, 0.1) is 0 Å². The van der Waals surface area contributed by atoms with Gasteiger partial charge in [0.05, 0.1) is 9.75 Å². The van der Waals surface area contributed by atoms with Gasteiger partial charge in [0.2, 0.25) is 0 Å². The van der Waals surface area contributed by atoms with Crippen molar-refractivity contribution in [1.29, 1.82) is 0 Å². The van der Waals surface area contributed by atoms with Gasteiger partial charge in [-0.15, -0.1) is 147 Å². The molecule has 0 aliphatic heterocycles. The van der Waals surface area contributed by atoms with E-state index >= 15 is 0 Å². The van der Waals surface area contributed by atoms with Crippen LogP contribution in [0.15, 0.2) is 218 Å². The van der Waals surface area contributed by atoms with Gasteiger partial charge in [-0.2, -0.15) is 0 Å². The third-order valence-electron chi connectivity index (χ3n) is 22.4. The lowest BCUT2D eigenvalue weighted by atomic mass is 9.75. The molecule has 0 atom stereocenters. The van der Waals surface area contributed by atoms with Gasteiger partial charge in [0.15, 0.2) is 0 Å². The van der Waals surface area contributed by atoms with Gasteiger partial charge < -0.3 is 0 Å². The largest absolute Gasteiger partial charge is 0.134 e. The lowest BCUT2D eigenvalue weighted by molar-refractivity contribution is 0.536. The summed E-state index contributed by atoms with van der Waals surface area (Å²) in [7, 11) is 0. The molecule has 121 heavy (non-hydrogen) atoms. The minimum absolute atomic E-state index is 0.131. The smallest absolute Gasteiger partial charge is 0.0543 e. The topological polar surface area (TPSA) is 0 Å². The first-order valence-electron chi connectivity index (χ1n) is 42.0. The van der Waals surface area contributed by atoms with Crippen LogP contribution < -0.4 is 0 Å². The van der Waals surface area contributed by atoms with E-state index in [2.05, 4.69) is 385 Å². The van der Waals surface area contributed by atoms with Crippen LogP contribution in [0.25, 0.3) is 160 Å². The SMILES string of the molecule is CC(C)(C)c1c(-c2ccc(-c3ccccc3)s2)sc(-c2ccc(-c3sc(-c4ccc(-c5sc(-c6ccc(-c7ccccc7)s6)c(C(C)(C)C)c5C(C)(C)C)s4)c(-c4ccc(-c5sc(-c6ccc(-c7ccccc7)s6)c(C(C)(C)C)c5C(C)(C)C)s4)c3-c3ccc(-c4sc(-c5ccc(-c6ccccc6)s5)c(C(C)(C)C)c4C(C)(C)C)s3)s2)c1C(C)(C)C. The molecular formula is C108H108S13. The van der Waals surface area contributed by atoms with E-state index < -0.39 is 0 Å². The van der Waals surface area contributed by atoms with Crippen LogP contribution in [0.5, 0.6) is 0 Å². The van der Waals surface area contributed by atoms with E-state index in [1.165, 1.54) is 205 Å². The molecule has 0 N–H and O–H groups in total. The summed E-state index contributed by atoms with van der Waals surface area (Å²) in [5.41, 5.74) is 18.2. The van der Waals surface area contributed by atoms with Crippen LogP contribution in [-0.2, 0) is 43.3 Å². The van der Waals surface area contributed by atoms with Crippen molar-refractivity contribution >= 4 is 147 Å². The highest BCUT2D eigenvalue weighted by atomic mass is 32.2. The quantitative estimate of drug-likeness (QED) is 0.0904. The molecule has 0 bridgehead atoms. The first-order valence-corrected chi connectivity index (χ1v) is 52.6. The zero-order valence-corrected chi connectivity index (χ0v) is 84.7. The molecule has 0 fully saturated rings. The molecule has 0 unspecified atom stereocenters. The Hall–Kier alpha value is -7.02. The summed E-state index contributed by atoms with van der Waals surface area (Å²) in [6.45, 7) is 58.7. The highest BCUT2D eigenvalue weighted by Gasteiger charge is 2.42. The third-order valence-corrected chi connectivity index (χ3v) is 39.0. The van der Waals surface area contributed by atoms with E-state index in [1.54, 1.807) is 0 Å². The predicted octanol–water partition coefficient (Wildman–Crippen LogP) is 39.5. The van der Waals surface area contributed by atoms with Gasteiger partial charge in [-0.3, -0.25) is 0 Å². The van der Waals surface area contributed by atoms with Crippen molar-refractivity contribution in [2.45, 2.75) is 209 Å². The Morgan fingerprint density at radius 3 is 0.413 bits per heavy atom. The molecule has 0 aliphatic rings. The van der Waals surface area contributed by atoms with Gasteiger partial charge in [-0.05, 0) is 207 Å². The van der Waals surface area contributed by atoms with Crippen molar-refractivity contribution in [3.05, 3.63) is 263 Å². The minimum Gasteiger partial charge on any atom is -0.134 e. The summed E-state index contributed by atoms with van der Waals surface area (Å²) in [5.74, 6) is 0. The lowest BCUT2D eigenvalue weighted by Gasteiger charge is -2.29. The molecule has 0 aliphatic carbocycles. The standard InChI is InChI=1S/C108H108S13/c1-101(2,3)83-87(105(13,14)15)97(118-93(83)73-51-45-65(109-73)61-37-29-25-30-38-61)77-55-49-69(113-77)81-82(70-50-56-78(114-70)98-88(106(16,17)18)84(102(4,5)6)94(119-98)74-52-46-66(110-74)62-39-31-26-32-40-62)92(72-58-60-80(116-72)100-90(108(22,23)24)86(104(10,11)12)96(121-100)76-54-48-68(112-76)64-43-35-28-36-44-64)117-91(81)71-57-59-79(115-71)99-89(107(19,20)21)85(103(7,8)9)95(120-99)75-53-47-67(111-75)63-41-33-27-34-42-63/h25-60H,1-24H3.